The van der Waals surface area contributed by atoms with Crippen LogP contribution in [0.2, 0.25) is 0 Å². The van der Waals surface area contributed by atoms with Gasteiger partial charge in [0, 0.05) is 21.4 Å². The Morgan fingerprint density at radius 2 is 2.00 bits per heavy atom. The standard InChI is InChI=1S/C16H23N5OS/c1-12(9-21-11-17-10-18-21)19-15(22)20-13-5-7-14(8-6-13)23-16(2,3)4/h5-8,10-12H,9H2,1-4H3,(H2,19,20,22)/t12-/m0/s1. The summed E-state index contributed by atoms with van der Waals surface area (Å²) in [5.41, 5.74) is 0.772. The number of rotatable bonds is 5. The molecule has 2 rings (SSSR count). The van der Waals surface area contributed by atoms with Crippen molar-refractivity contribution in [2.75, 3.05) is 5.32 Å². The molecule has 0 saturated heterocycles. The molecule has 1 aromatic heterocycles. The molecule has 2 amide bonds. The average molecular weight is 333 g/mol. The molecular weight excluding hydrogens is 310 g/mol. The Bertz CT molecular complexity index is 619. The van der Waals surface area contributed by atoms with Gasteiger partial charge in [-0.1, -0.05) is 20.8 Å². The van der Waals surface area contributed by atoms with E-state index in [1.807, 2.05) is 31.2 Å². The van der Waals surface area contributed by atoms with Crippen molar-refractivity contribution in [2.45, 2.75) is 49.9 Å². The van der Waals surface area contributed by atoms with Gasteiger partial charge in [-0.3, -0.25) is 4.68 Å². The molecule has 0 spiro atoms. The lowest BCUT2D eigenvalue weighted by molar-refractivity contribution is 0.247. The van der Waals surface area contributed by atoms with Gasteiger partial charge in [0.25, 0.3) is 0 Å². The van der Waals surface area contributed by atoms with E-state index >= 15 is 0 Å². The third-order valence-electron chi connectivity index (χ3n) is 2.84. The topological polar surface area (TPSA) is 71.8 Å². The van der Waals surface area contributed by atoms with E-state index in [4.69, 9.17) is 0 Å². The fourth-order valence-electron chi connectivity index (χ4n) is 2.00. The minimum atomic E-state index is -0.228. The summed E-state index contributed by atoms with van der Waals surface area (Å²) in [6.45, 7) is 9.02. The van der Waals surface area contributed by atoms with E-state index in [0.29, 0.717) is 6.54 Å². The van der Waals surface area contributed by atoms with Crippen molar-refractivity contribution in [1.82, 2.24) is 20.1 Å². The lowest BCUT2D eigenvalue weighted by Crippen LogP contribution is -2.38. The first kappa shape index (κ1) is 17.3. The quantitative estimate of drug-likeness (QED) is 0.823. The fourth-order valence-corrected chi connectivity index (χ4v) is 2.98. The van der Waals surface area contributed by atoms with Crippen LogP contribution in [0.1, 0.15) is 27.7 Å². The van der Waals surface area contributed by atoms with Crippen LogP contribution in [0.5, 0.6) is 0 Å². The van der Waals surface area contributed by atoms with Crippen molar-refractivity contribution >= 4 is 23.5 Å². The molecule has 0 unspecified atom stereocenters. The van der Waals surface area contributed by atoms with Crippen LogP contribution in [-0.2, 0) is 6.54 Å². The van der Waals surface area contributed by atoms with Crippen LogP contribution in [0.25, 0.3) is 0 Å². The molecule has 1 aromatic carbocycles. The molecule has 0 radical (unpaired) electrons. The summed E-state index contributed by atoms with van der Waals surface area (Å²) in [6.07, 6.45) is 3.10. The second-order valence-corrected chi connectivity index (χ2v) is 8.26. The summed E-state index contributed by atoms with van der Waals surface area (Å²) in [5, 5.41) is 9.73. The van der Waals surface area contributed by atoms with Gasteiger partial charge in [0.05, 0.1) is 6.54 Å². The summed E-state index contributed by atoms with van der Waals surface area (Å²) in [6, 6.07) is 7.58. The molecule has 1 atom stereocenters. The highest BCUT2D eigenvalue weighted by Crippen LogP contribution is 2.32. The van der Waals surface area contributed by atoms with E-state index < -0.39 is 0 Å². The van der Waals surface area contributed by atoms with Gasteiger partial charge < -0.3 is 10.6 Å². The Morgan fingerprint density at radius 1 is 1.30 bits per heavy atom. The molecular formula is C16H23N5OS. The lowest BCUT2D eigenvalue weighted by atomic mass is 10.3. The zero-order chi connectivity index (χ0) is 16.9. The maximum absolute atomic E-state index is 12.0. The van der Waals surface area contributed by atoms with Gasteiger partial charge in [-0.2, -0.15) is 5.10 Å². The third kappa shape index (κ3) is 6.32. The van der Waals surface area contributed by atoms with E-state index in [1.165, 1.54) is 11.2 Å². The summed E-state index contributed by atoms with van der Waals surface area (Å²) in [5.74, 6) is 0. The normalized spacial score (nSPS) is 12.7. The monoisotopic (exact) mass is 333 g/mol. The number of urea groups is 1. The molecule has 0 fully saturated rings. The van der Waals surface area contributed by atoms with E-state index in [0.717, 1.165) is 5.69 Å². The largest absolute Gasteiger partial charge is 0.334 e. The number of anilines is 1. The van der Waals surface area contributed by atoms with Crippen molar-refractivity contribution in [1.29, 1.82) is 0 Å². The summed E-state index contributed by atoms with van der Waals surface area (Å²) in [4.78, 5) is 17.1. The summed E-state index contributed by atoms with van der Waals surface area (Å²) < 4.78 is 1.85. The molecule has 2 aromatic rings. The molecule has 0 aliphatic carbocycles. The van der Waals surface area contributed by atoms with Crippen LogP contribution < -0.4 is 10.6 Å². The highest BCUT2D eigenvalue weighted by Gasteiger charge is 2.12. The van der Waals surface area contributed by atoms with E-state index in [9.17, 15) is 4.79 Å². The molecule has 124 valence electrons. The number of carbonyl (C=O) groups is 1. The first-order chi connectivity index (χ1) is 10.8. The van der Waals surface area contributed by atoms with Crippen LogP contribution in [0.15, 0.2) is 41.8 Å². The third-order valence-corrected chi connectivity index (χ3v) is 3.96. The van der Waals surface area contributed by atoms with Crippen molar-refractivity contribution in [3.63, 3.8) is 0 Å². The molecule has 1 heterocycles. The Balaban J connectivity index is 1.82. The van der Waals surface area contributed by atoms with E-state index in [-0.39, 0.29) is 16.8 Å². The van der Waals surface area contributed by atoms with Crippen LogP contribution in [-0.4, -0.2) is 31.6 Å². The second-order valence-electron chi connectivity index (χ2n) is 6.36. The second kappa shape index (κ2) is 7.50. The first-order valence-electron chi connectivity index (χ1n) is 7.51. The Kier molecular flexibility index (Phi) is 5.65. The van der Waals surface area contributed by atoms with E-state index in [1.54, 1.807) is 22.8 Å². The molecule has 0 bridgehead atoms. The van der Waals surface area contributed by atoms with Crippen LogP contribution in [0.4, 0.5) is 10.5 Å². The van der Waals surface area contributed by atoms with E-state index in [2.05, 4.69) is 41.5 Å². The van der Waals surface area contributed by atoms with Gasteiger partial charge in [-0.05, 0) is 31.2 Å². The zero-order valence-electron chi connectivity index (χ0n) is 13.9. The zero-order valence-corrected chi connectivity index (χ0v) is 14.7. The molecule has 0 aliphatic rings. The lowest BCUT2D eigenvalue weighted by Gasteiger charge is -2.18. The minimum absolute atomic E-state index is 0.0487. The molecule has 7 heteroatoms. The molecule has 23 heavy (non-hydrogen) atoms. The highest BCUT2D eigenvalue weighted by molar-refractivity contribution is 8.00. The maximum atomic E-state index is 12.0. The molecule has 0 saturated carbocycles. The number of thioether (sulfide) groups is 1. The van der Waals surface area contributed by atoms with Gasteiger partial charge >= 0.3 is 6.03 Å². The van der Waals surface area contributed by atoms with Crippen LogP contribution in [0, 0.1) is 0 Å². The summed E-state index contributed by atoms with van der Waals surface area (Å²) in [7, 11) is 0. The Labute approximate surface area is 141 Å². The minimum Gasteiger partial charge on any atom is -0.334 e. The fraction of sp³-hybridized carbons (Fsp3) is 0.438. The molecule has 2 N–H and O–H groups in total. The SMILES string of the molecule is C[C@@H](Cn1cncn1)NC(=O)Nc1ccc(SC(C)(C)C)cc1. The smallest absolute Gasteiger partial charge is 0.319 e. The molecule has 6 nitrogen and oxygen atoms in total. The number of hydrogen-bond acceptors (Lipinski definition) is 4. The van der Waals surface area contributed by atoms with Gasteiger partial charge in [-0.25, -0.2) is 9.78 Å². The van der Waals surface area contributed by atoms with Gasteiger partial charge in [-0.15, -0.1) is 11.8 Å². The van der Waals surface area contributed by atoms with Crippen molar-refractivity contribution in [3.05, 3.63) is 36.9 Å². The highest BCUT2D eigenvalue weighted by atomic mass is 32.2. The van der Waals surface area contributed by atoms with Gasteiger partial charge in [0.2, 0.25) is 0 Å². The Hall–Kier alpha value is -2.02. The predicted octanol–water partition coefficient (Wildman–Crippen LogP) is 3.38. The Morgan fingerprint density at radius 3 is 2.57 bits per heavy atom. The average Bonchev–Trinajstić information content (AvgIpc) is 2.91. The number of carbonyl (C=O) groups excluding carboxylic acids is 1. The van der Waals surface area contributed by atoms with Crippen molar-refractivity contribution in [2.24, 2.45) is 0 Å². The van der Waals surface area contributed by atoms with Crippen molar-refractivity contribution in [3.8, 4) is 0 Å². The van der Waals surface area contributed by atoms with Gasteiger partial charge in [0.1, 0.15) is 12.7 Å². The number of amides is 2. The number of nitrogens with one attached hydrogen (secondary N) is 2. The number of hydrogen-bond donors (Lipinski definition) is 2. The molecule has 0 aliphatic heterocycles. The van der Waals surface area contributed by atoms with Crippen LogP contribution in [0.3, 0.4) is 0 Å². The summed E-state index contributed by atoms with van der Waals surface area (Å²) >= 11 is 1.80. The van der Waals surface area contributed by atoms with Crippen molar-refractivity contribution < 1.29 is 4.79 Å². The predicted molar refractivity (Wildman–Crippen MR) is 93.7 cm³/mol. The maximum Gasteiger partial charge on any atom is 0.319 e. The van der Waals surface area contributed by atoms with Gasteiger partial charge in [0.15, 0.2) is 0 Å². The number of aromatic nitrogens is 3. The first-order valence-corrected chi connectivity index (χ1v) is 8.32. The van der Waals surface area contributed by atoms with Crippen LogP contribution >= 0.6 is 11.8 Å². The number of benzene rings is 1. The number of nitrogens with zero attached hydrogens (tertiary/aromatic N) is 3.